The molecule has 0 fully saturated rings. The van der Waals surface area contributed by atoms with E-state index in [-0.39, 0.29) is 0 Å². The Labute approximate surface area is 103 Å². The molecule has 0 saturated heterocycles. The molecule has 0 atom stereocenters. The molecule has 0 aliphatic carbocycles. The third kappa shape index (κ3) is 4.46. The molecule has 5 heteroatoms. The number of benzene rings is 1. The van der Waals surface area contributed by atoms with Gasteiger partial charge in [-0.2, -0.15) is 0 Å². The summed E-state index contributed by atoms with van der Waals surface area (Å²) in [6.45, 7) is 5.98. The first kappa shape index (κ1) is 14.2. The Morgan fingerprint density at radius 2 is 2.00 bits per heavy atom. The zero-order valence-corrected chi connectivity index (χ0v) is 11.2. The van der Waals surface area contributed by atoms with Gasteiger partial charge >= 0.3 is 0 Å². The van der Waals surface area contributed by atoms with Crippen molar-refractivity contribution in [3.05, 3.63) is 29.8 Å². The van der Waals surface area contributed by atoms with E-state index in [1.165, 1.54) is 0 Å². The molecule has 0 amide bonds. The van der Waals surface area contributed by atoms with Crippen molar-refractivity contribution >= 4 is 10.0 Å². The van der Waals surface area contributed by atoms with E-state index in [0.717, 1.165) is 18.5 Å². The molecule has 0 radical (unpaired) electrons. The Hall–Kier alpha value is -0.910. The lowest BCUT2D eigenvalue weighted by molar-refractivity contribution is 0.580. The molecular weight excluding hydrogens is 236 g/mol. The van der Waals surface area contributed by atoms with Crippen molar-refractivity contribution in [2.24, 2.45) is 0 Å². The fraction of sp³-hybridized carbons (Fsp3) is 0.500. The molecule has 4 nitrogen and oxygen atoms in total. The maximum Gasteiger partial charge on any atom is 0.240 e. The van der Waals surface area contributed by atoms with Crippen LogP contribution in [0.3, 0.4) is 0 Å². The molecule has 0 unspecified atom stereocenters. The van der Waals surface area contributed by atoms with Gasteiger partial charge in [-0.3, -0.25) is 0 Å². The van der Waals surface area contributed by atoms with Crippen molar-refractivity contribution in [3.63, 3.8) is 0 Å². The van der Waals surface area contributed by atoms with Crippen molar-refractivity contribution in [2.45, 2.75) is 31.7 Å². The van der Waals surface area contributed by atoms with Gasteiger partial charge in [0.2, 0.25) is 10.0 Å². The first-order valence-corrected chi connectivity index (χ1v) is 7.37. The Balaban J connectivity index is 2.83. The number of nitrogens with one attached hydrogen (secondary N) is 2. The molecule has 0 aliphatic rings. The first-order chi connectivity index (χ1) is 8.10. The van der Waals surface area contributed by atoms with Crippen molar-refractivity contribution in [1.29, 1.82) is 0 Å². The maximum atomic E-state index is 11.9. The normalized spacial score (nSPS) is 11.6. The average molecular weight is 256 g/mol. The lowest BCUT2D eigenvalue weighted by Gasteiger charge is -2.08. The average Bonchev–Trinajstić information content (AvgIpc) is 2.34. The van der Waals surface area contributed by atoms with Crippen molar-refractivity contribution < 1.29 is 8.42 Å². The summed E-state index contributed by atoms with van der Waals surface area (Å²) in [6, 6.07) is 7.02. The van der Waals surface area contributed by atoms with E-state index in [0.29, 0.717) is 18.0 Å². The van der Waals surface area contributed by atoms with Gasteiger partial charge in [0.05, 0.1) is 4.90 Å². The summed E-state index contributed by atoms with van der Waals surface area (Å²) in [4.78, 5) is 0.335. The highest BCUT2D eigenvalue weighted by Crippen LogP contribution is 2.11. The molecule has 0 spiro atoms. The predicted molar refractivity (Wildman–Crippen MR) is 69.3 cm³/mol. The van der Waals surface area contributed by atoms with Gasteiger partial charge in [-0.25, -0.2) is 13.1 Å². The minimum Gasteiger partial charge on any atom is -0.313 e. The Morgan fingerprint density at radius 1 is 1.24 bits per heavy atom. The van der Waals surface area contributed by atoms with E-state index in [1.807, 2.05) is 19.9 Å². The largest absolute Gasteiger partial charge is 0.313 e. The summed E-state index contributed by atoms with van der Waals surface area (Å²) in [5, 5.41) is 3.17. The van der Waals surface area contributed by atoms with Gasteiger partial charge in [0.15, 0.2) is 0 Å². The third-order valence-electron chi connectivity index (χ3n) is 2.33. The Morgan fingerprint density at radius 3 is 2.65 bits per heavy atom. The van der Waals surface area contributed by atoms with Gasteiger partial charge in [0.1, 0.15) is 0 Å². The zero-order valence-electron chi connectivity index (χ0n) is 10.4. The van der Waals surface area contributed by atoms with E-state index in [2.05, 4.69) is 10.0 Å². The molecular formula is C12H20N2O2S. The number of hydrogen-bond acceptors (Lipinski definition) is 3. The highest BCUT2D eigenvalue weighted by molar-refractivity contribution is 7.89. The molecule has 0 aromatic heterocycles. The van der Waals surface area contributed by atoms with Gasteiger partial charge in [0, 0.05) is 13.1 Å². The molecule has 0 heterocycles. The lowest BCUT2D eigenvalue weighted by atomic mass is 10.2. The second kappa shape index (κ2) is 6.74. The van der Waals surface area contributed by atoms with Crippen LogP contribution in [0.4, 0.5) is 0 Å². The zero-order chi connectivity index (χ0) is 12.7. The van der Waals surface area contributed by atoms with Crippen LogP contribution >= 0.6 is 0 Å². The number of hydrogen-bond donors (Lipinski definition) is 2. The molecule has 1 aromatic carbocycles. The summed E-state index contributed by atoms with van der Waals surface area (Å²) in [7, 11) is -3.35. The summed E-state index contributed by atoms with van der Waals surface area (Å²) in [6.07, 6.45) is 0.788. The fourth-order valence-electron chi connectivity index (χ4n) is 1.41. The monoisotopic (exact) mass is 256 g/mol. The van der Waals surface area contributed by atoms with Crippen LogP contribution in [-0.2, 0) is 16.6 Å². The number of sulfonamides is 1. The molecule has 0 saturated carbocycles. The Kier molecular flexibility index (Phi) is 5.61. The third-order valence-corrected chi connectivity index (χ3v) is 3.79. The fourth-order valence-corrected chi connectivity index (χ4v) is 2.62. The summed E-state index contributed by atoms with van der Waals surface area (Å²) < 4.78 is 26.3. The molecule has 17 heavy (non-hydrogen) atoms. The van der Waals surface area contributed by atoms with E-state index in [9.17, 15) is 8.42 Å². The summed E-state index contributed by atoms with van der Waals surface area (Å²) in [5.74, 6) is 0. The van der Waals surface area contributed by atoms with Crippen LogP contribution in [0.15, 0.2) is 29.2 Å². The van der Waals surface area contributed by atoms with Crippen LogP contribution in [-0.4, -0.2) is 21.5 Å². The van der Waals surface area contributed by atoms with Gasteiger partial charge in [-0.15, -0.1) is 0 Å². The Bertz CT molecular complexity index is 444. The van der Waals surface area contributed by atoms with E-state index in [4.69, 9.17) is 0 Å². The quantitative estimate of drug-likeness (QED) is 0.777. The number of rotatable bonds is 7. The van der Waals surface area contributed by atoms with Crippen LogP contribution in [0.5, 0.6) is 0 Å². The molecule has 0 bridgehead atoms. The van der Waals surface area contributed by atoms with E-state index in [1.54, 1.807) is 18.2 Å². The minimum absolute atomic E-state index is 0.335. The van der Waals surface area contributed by atoms with Crippen LogP contribution in [0.1, 0.15) is 25.8 Å². The van der Waals surface area contributed by atoms with Gasteiger partial charge in [-0.05, 0) is 30.7 Å². The minimum atomic E-state index is -3.35. The first-order valence-electron chi connectivity index (χ1n) is 5.89. The van der Waals surface area contributed by atoms with E-state index >= 15 is 0 Å². The standard InChI is InChI=1S/C12H20N2O2S/c1-3-8-14-17(15,16)12-7-5-6-11(9-12)10-13-4-2/h5-7,9,13-14H,3-4,8,10H2,1-2H3. The predicted octanol–water partition coefficient (Wildman–Crippen LogP) is 1.48. The van der Waals surface area contributed by atoms with Crippen LogP contribution in [0, 0.1) is 0 Å². The summed E-state index contributed by atoms with van der Waals surface area (Å²) in [5.41, 5.74) is 0.978. The lowest BCUT2D eigenvalue weighted by Crippen LogP contribution is -2.24. The van der Waals surface area contributed by atoms with Gasteiger partial charge in [-0.1, -0.05) is 26.0 Å². The molecule has 2 N–H and O–H groups in total. The molecule has 96 valence electrons. The maximum absolute atomic E-state index is 11.9. The van der Waals surface area contributed by atoms with Crippen LogP contribution < -0.4 is 10.0 Å². The molecule has 1 aromatic rings. The van der Waals surface area contributed by atoms with Gasteiger partial charge < -0.3 is 5.32 Å². The van der Waals surface area contributed by atoms with E-state index < -0.39 is 10.0 Å². The summed E-state index contributed by atoms with van der Waals surface area (Å²) >= 11 is 0. The molecule has 0 aliphatic heterocycles. The second-order valence-corrected chi connectivity index (χ2v) is 5.59. The van der Waals surface area contributed by atoms with Crippen LogP contribution in [0.2, 0.25) is 0 Å². The molecule has 1 rings (SSSR count). The highest BCUT2D eigenvalue weighted by Gasteiger charge is 2.12. The van der Waals surface area contributed by atoms with Crippen molar-refractivity contribution in [3.8, 4) is 0 Å². The van der Waals surface area contributed by atoms with Crippen LogP contribution in [0.25, 0.3) is 0 Å². The van der Waals surface area contributed by atoms with Gasteiger partial charge in [0.25, 0.3) is 0 Å². The highest BCUT2D eigenvalue weighted by atomic mass is 32.2. The topological polar surface area (TPSA) is 58.2 Å². The second-order valence-electron chi connectivity index (χ2n) is 3.83. The van der Waals surface area contributed by atoms with Crippen molar-refractivity contribution in [1.82, 2.24) is 10.0 Å². The van der Waals surface area contributed by atoms with Crippen molar-refractivity contribution in [2.75, 3.05) is 13.1 Å². The smallest absolute Gasteiger partial charge is 0.240 e. The SMILES string of the molecule is CCCNS(=O)(=O)c1cccc(CNCC)c1.